The molecule has 0 unspecified atom stereocenters. The first-order valence-corrected chi connectivity index (χ1v) is 8.94. The summed E-state index contributed by atoms with van der Waals surface area (Å²) >= 11 is 0. The van der Waals surface area contributed by atoms with Crippen molar-refractivity contribution in [2.24, 2.45) is 0 Å². The number of unbranched alkanes of at least 4 members (excludes halogenated alkanes) is 13. The predicted molar refractivity (Wildman–Crippen MR) is 84.2 cm³/mol. The van der Waals surface area contributed by atoms with E-state index in [0.717, 1.165) is 6.42 Å². The maximum atomic E-state index is 4.72. The van der Waals surface area contributed by atoms with E-state index in [9.17, 15) is 0 Å². The van der Waals surface area contributed by atoms with E-state index in [2.05, 4.69) is 27.0 Å². The molecule has 3 nitrogen and oxygen atoms in total. The summed E-state index contributed by atoms with van der Waals surface area (Å²) in [6.07, 6.45) is 19.1. The Hall–Kier alpha value is 0.0969. The predicted octanol–water partition coefficient (Wildman–Crippen LogP) is 5.43. The summed E-state index contributed by atoms with van der Waals surface area (Å²) in [5, 5.41) is 4.26. The fourth-order valence-electron chi connectivity index (χ4n) is 2.41. The lowest BCUT2D eigenvalue weighted by Gasteiger charge is -2.03. The Balaban J connectivity index is 2.89. The van der Waals surface area contributed by atoms with Gasteiger partial charge < -0.3 is 0 Å². The minimum Gasteiger partial charge on any atom is -0.259 e. The van der Waals surface area contributed by atoms with Gasteiger partial charge in [-0.15, -0.1) is 0 Å². The smallest absolute Gasteiger partial charge is 0.259 e. The summed E-state index contributed by atoms with van der Waals surface area (Å²) in [6.45, 7) is 2.88. The molecule has 0 aromatic carbocycles. The molecule has 3 radical (unpaired) electrons. The van der Waals surface area contributed by atoms with Crippen LogP contribution in [0.25, 0.3) is 0 Å². The Morgan fingerprint density at radius 2 is 1.00 bits per heavy atom. The third kappa shape index (κ3) is 18.1. The standard InChI is InChI=1S/C16H33O3Si/c1-2-3-4-5-6-7-8-9-10-11-12-13-14-15-16-17-18-19-20/h2-16H2,1H3. The molecule has 0 N–H and O–H groups in total. The zero-order chi connectivity index (χ0) is 14.7. The normalized spacial score (nSPS) is 11.1. The van der Waals surface area contributed by atoms with Crippen LogP contribution in [-0.2, 0) is 14.5 Å². The maximum Gasteiger partial charge on any atom is 0.307 e. The molecular formula is C16H33O3Si. The first-order valence-electron chi connectivity index (χ1n) is 8.53. The Bertz CT molecular complexity index is 150. The van der Waals surface area contributed by atoms with Crippen LogP contribution in [0, 0.1) is 0 Å². The molecule has 0 aromatic heterocycles. The number of hydrogen-bond acceptors (Lipinski definition) is 3. The van der Waals surface area contributed by atoms with Gasteiger partial charge in [0.1, 0.15) is 0 Å². The molecule has 0 rings (SSSR count). The van der Waals surface area contributed by atoms with E-state index in [-0.39, 0.29) is 0 Å². The van der Waals surface area contributed by atoms with Crippen molar-refractivity contribution in [1.29, 1.82) is 0 Å². The molecule has 0 aliphatic heterocycles. The Labute approximate surface area is 129 Å². The molecule has 0 spiro atoms. The summed E-state index contributed by atoms with van der Waals surface area (Å²) in [4.78, 5) is 4.72. The SMILES string of the molecule is CCCCCCCCCCCCCCCCOOO[Si]. The topological polar surface area (TPSA) is 27.7 Å². The first-order chi connectivity index (χ1) is 9.91. The highest BCUT2D eigenvalue weighted by atomic mass is 28.2. The van der Waals surface area contributed by atoms with E-state index < -0.39 is 0 Å². The maximum absolute atomic E-state index is 4.72. The molecule has 0 aliphatic carbocycles. The van der Waals surface area contributed by atoms with Crippen molar-refractivity contribution in [3.05, 3.63) is 0 Å². The van der Waals surface area contributed by atoms with Gasteiger partial charge in [-0.05, 0) is 6.42 Å². The van der Waals surface area contributed by atoms with Gasteiger partial charge in [-0.2, -0.15) is 0 Å². The molecular weight excluding hydrogens is 268 g/mol. The molecule has 0 aromatic rings. The Morgan fingerprint density at radius 1 is 0.600 bits per heavy atom. The molecule has 0 saturated carbocycles. The van der Waals surface area contributed by atoms with Crippen LogP contribution in [0.3, 0.4) is 0 Å². The van der Waals surface area contributed by atoms with Gasteiger partial charge in [0.25, 0.3) is 0 Å². The van der Waals surface area contributed by atoms with E-state index >= 15 is 0 Å². The second kappa shape index (κ2) is 19.1. The molecule has 0 amide bonds. The van der Waals surface area contributed by atoms with Gasteiger partial charge in [0.2, 0.25) is 0 Å². The van der Waals surface area contributed by atoms with Crippen molar-refractivity contribution in [2.45, 2.75) is 96.8 Å². The first kappa shape index (κ1) is 20.1. The second-order valence-corrected chi connectivity index (χ2v) is 5.74. The molecule has 0 bridgehead atoms. The van der Waals surface area contributed by atoms with Gasteiger partial charge in [0, 0.05) is 0 Å². The van der Waals surface area contributed by atoms with Crippen LogP contribution in [0.4, 0.5) is 0 Å². The fraction of sp³-hybridized carbons (Fsp3) is 1.00. The van der Waals surface area contributed by atoms with Gasteiger partial charge in [-0.25, -0.2) is 4.89 Å². The quantitative estimate of drug-likeness (QED) is 0.155. The van der Waals surface area contributed by atoms with Crippen LogP contribution in [0.5, 0.6) is 0 Å². The highest BCUT2D eigenvalue weighted by Crippen LogP contribution is 2.12. The molecule has 0 saturated heterocycles. The van der Waals surface area contributed by atoms with Crippen LogP contribution in [0.15, 0.2) is 0 Å². The molecule has 0 aliphatic rings. The van der Waals surface area contributed by atoms with E-state index in [4.69, 9.17) is 4.89 Å². The van der Waals surface area contributed by atoms with Crippen molar-refractivity contribution in [2.75, 3.05) is 6.61 Å². The molecule has 20 heavy (non-hydrogen) atoms. The van der Waals surface area contributed by atoms with E-state index in [1.54, 1.807) is 0 Å². The lowest BCUT2D eigenvalue weighted by molar-refractivity contribution is -0.467. The minimum atomic E-state index is 0.600. The van der Waals surface area contributed by atoms with E-state index in [1.165, 1.54) is 83.5 Å². The van der Waals surface area contributed by atoms with Gasteiger partial charge in [-0.3, -0.25) is 4.58 Å². The van der Waals surface area contributed by atoms with Crippen LogP contribution >= 0.6 is 0 Å². The number of hydrogen-bond donors (Lipinski definition) is 0. The van der Waals surface area contributed by atoms with Gasteiger partial charge in [0.15, 0.2) is 0 Å². The lowest BCUT2D eigenvalue weighted by Crippen LogP contribution is -1.96. The summed E-state index contributed by atoms with van der Waals surface area (Å²) in [5.41, 5.74) is 0. The third-order valence-corrected chi connectivity index (χ3v) is 3.73. The van der Waals surface area contributed by atoms with Gasteiger partial charge in [0.05, 0.1) is 6.61 Å². The fourth-order valence-corrected chi connectivity index (χ4v) is 2.46. The van der Waals surface area contributed by atoms with Crippen molar-refractivity contribution in [1.82, 2.24) is 0 Å². The molecule has 0 heterocycles. The highest BCUT2D eigenvalue weighted by molar-refractivity contribution is 5.97. The van der Waals surface area contributed by atoms with Crippen LogP contribution in [-0.4, -0.2) is 17.1 Å². The van der Waals surface area contributed by atoms with Crippen molar-refractivity contribution < 1.29 is 14.5 Å². The Kier molecular flexibility index (Phi) is 19.2. The zero-order valence-corrected chi connectivity index (χ0v) is 14.3. The van der Waals surface area contributed by atoms with Crippen molar-refractivity contribution >= 4 is 10.5 Å². The summed E-state index contributed by atoms with van der Waals surface area (Å²) in [5.74, 6) is 0. The van der Waals surface area contributed by atoms with E-state index in [1.807, 2.05) is 0 Å². The summed E-state index contributed by atoms with van der Waals surface area (Å²) in [7, 11) is 2.69. The van der Waals surface area contributed by atoms with Crippen LogP contribution in [0.1, 0.15) is 96.8 Å². The summed E-state index contributed by atoms with van der Waals surface area (Å²) < 4.78 is 4.14. The molecule has 4 heteroatoms. The van der Waals surface area contributed by atoms with Gasteiger partial charge in [-0.1, -0.05) is 95.4 Å². The summed E-state index contributed by atoms with van der Waals surface area (Å²) in [6, 6.07) is 0. The van der Waals surface area contributed by atoms with Crippen LogP contribution < -0.4 is 0 Å². The zero-order valence-electron chi connectivity index (χ0n) is 13.3. The van der Waals surface area contributed by atoms with Crippen LogP contribution in [0.2, 0.25) is 0 Å². The molecule has 119 valence electrons. The second-order valence-electron chi connectivity index (χ2n) is 5.57. The third-order valence-electron chi connectivity index (χ3n) is 3.66. The average Bonchev–Trinajstić information content (AvgIpc) is 2.47. The molecule has 0 atom stereocenters. The largest absolute Gasteiger partial charge is 0.307 e. The minimum absolute atomic E-state index is 0.600. The van der Waals surface area contributed by atoms with E-state index in [0.29, 0.717) is 6.61 Å². The van der Waals surface area contributed by atoms with Gasteiger partial charge >= 0.3 is 10.5 Å². The van der Waals surface area contributed by atoms with Crippen molar-refractivity contribution in [3.63, 3.8) is 0 Å². The lowest BCUT2D eigenvalue weighted by atomic mass is 10.0. The molecule has 0 fully saturated rings. The average molecular weight is 302 g/mol. The number of rotatable bonds is 17. The monoisotopic (exact) mass is 301 g/mol. The highest BCUT2D eigenvalue weighted by Gasteiger charge is 1.94. The Morgan fingerprint density at radius 3 is 1.40 bits per heavy atom. The van der Waals surface area contributed by atoms with Crippen molar-refractivity contribution in [3.8, 4) is 0 Å².